The monoisotopic (exact) mass is 272 g/mol. The molecule has 1 atom stereocenters. The van der Waals surface area contributed by atoms with Gasteiger partial charge in [0.1, 0.15) is 5.82 Å². The summed E-state index contributed by atoms with van der Waals surface area (Å²) in [7, 11) is 1.96. The highest BCUT2D eigenvalue weighted by molar-refractivity contribution is 5.95. The third-order valence-electron chi connectivity index (χ3n) is 3.09. The molecule has 0 aliphatic carbocycles. The quantitative estimate of drug-likeness (QED) is 0.878. The summed E-state index contributed by atoms with van der Waals surface area (Å²) in [5, 5.41) is 6.15. The number of carbonyl (C=O) groups is 1. The second kappa shape index (κ2) is 6.23. The first kappa shape index (κ1) is 14.1. The smallest absolute Gasteiger partial charge is 0.251 e. The van der Waals surface area contributed by atoms with Gasteiger partial charge in [-0.2, -0.15) is 0 Å². The molecule has 2 N–H and O–H groups in total. The Morgan fingerprint density at radius 3 is 2.90 bits per heavy atom. The lowest BCUT2D eigenvalue weighted by molar-refractivity contribution is 0.0956. The molecule has 2 rings (SSSR count). The van der Waals surface area contributed by atoms with E-state index in [1.54, 1.807) is 6.20 Å². The second-order valence-electron chi connectivity index (χ2n) is 4.70. The topological polar surface area (TPSA) is 59.0 Å². The Morgan fingerprint density at radius 2 is 2.25 bits per heavy atom. The SMILES string of the molecule is CCNC(=O)c1cccc(NC(C)c2nccn2C)c1. The number of rotatable bonds is 5. The van der Waals surface area contributed by atoms with E-state index in [1.165, 1.54) is 0 Å². The maximum atomic E-state index is 11.8. The van der Waals surface area contributed by atoms with Gasteiger partial charge < -0.3 is 15.2 Å². The number of anilines is 1. The van der Waals surface area contributed by atoms with Crippen molar-refractivity contribution in [2.75, 3.05) is 11.9 Å². The van der Waals surface area contributed by atoms with Crippen molar-refractivity contribution in [1.29, 1.82) is 0 Å². The van der Waals surface area contributed by atoms with Crippen LogP contribution in [0.5, 0.6) is 0 Å². The molecule has 5 heteroatoms. The van der Waals surface area contributed by atoms with Crippen molar-refractivity contribution in [2.24, 2.45) is 7.05 Å². The lowest BCUT2D eigenvalue weighted by Crippen LogP contribution is -2.22. The molecule has 0 fully saturated rings. The summed E-state index contributed by atoms with van der Waals surface area (Å²) in [6.45, 7) is 4.57. The number of benzene rings is 1. The summed E-state index contributed by atoms with van der Waals surface area (Å²) in [6, 6.07) is 7.55. The van der Waals surface area contributed by atoms with Crippen molar-refractivity contribution < 1.29 is 4.79 Å². The van der Waals surface area contributed by atoms with Gasteiger partial charge in [-0.25, -0.2) is 4.98 Å². The number of nitrogens with zero attached hydrogens (tertiary/aromatic N) is 2. The van der Waals surface area contributed by atoms with Gasteiger partial charge in [0, 0.05) is 37.2 Å². The summed E-state index contributed by atoms with van der Waals surface area (Å²) < 4.78 is 1.98. The van der Waals surface area contributed by atoms with E-state index in [4.69, 9.17) is 0 Å². The van der Waals surface area contributed by atoms with Crippen molar-refractivity contribution in [3.05, 3.63) is 48.0 Å². The molecule has 106 valence electrons. The van der Waals surface area contributed by atoms with Crippen LogP contribution in [0.15, 0.2) is 36.7 Å². The Labute approximate surface area is 119 Å². The first-order valence-corrected chi connectivity index (χ1v) is 6.74. The van der Waals surface area contributed by atoms with Crippen LogP contribution in [0.2, 0.25) is 0 Å². The van der Waals surface area contributed by atoms with E-state index in [9.17, 15) is 4.79 Å². The van der Waals surface area contributed by atoms with Gasteiger partial charge in [-0.05, 0) is 32.0 Å². The minimum absolute atomic E-state index is 0.0548. The standard InChI is InChI=1S/C15H20N4O/c1-4-16-15(20)12-6-5-7-13(10-12)18-11(2)14-17-8-9-19(14)3/h5-11,18H,4H2,1-3H3,(H,16,20). The maximum Gasteiger partial charge on any atom is 0.251 e. The van der Waals surface area contributed by atoms with Gasteiger partial charge in [0.05, 0.1) is 6.04 Å². The van der Waals surface area contributed by atoms with Crippen LogP contribution < -0.4 is 10.6 Å². The van der Waals surface area contributed by atoms with Crippen LogP contribution in [0.3, 0.4) is 0 Å². The molecule has 0 aliphatic rings. The second-order valence-corrected chi connectivity index (χ2v) is 4.70. The van der Waals surface area contributed by atoms with E-state index < -0.39 is 0 Å². The molecular weight excluding hydrogens is 252 g/mol. The number of aryl methyl sites for hydroxylation is 1. The Kier molecular flexibility index (Phi) is 4.40. The van der Waals surface area contributed by atoms with Gasteiger partial charge >= 0.3 is 0 Å². The van der Waals surface area contributed by atoms with E-state index in [0.29, 0.717) is 12.1 Å². The first-order chi connectivity index (χ1) is 9.61. The van der Waals surface area contributed by atoms with Crippen LogP contribution in [0.4, 0.5) is 5.69 Å². The molecule has 0 radical (unpaired) electrons. The molecule has 5 nitrogen and oxygen atoms in total. The largest absolute Gasteiger partial charge is 0.375 e. The van der Waals surface area contributed by atoms with Gasteiger partial charge in [0.15, 0.2) is 0 Å². The van der Waals surface area contributed by atoms with Gasteiger partial charge in [0.2, 0.25) is 0 Å². The highest BCUT2D eigenvalue weighted by atomic mass is 16.1. The summed E-state index contributed by atoms with van der Waals surface area (Å²) in [6.07, 6.45) is 3.69. The van der Waals surface area contributed by atoms with E-state index in [0.717, 1.165) is 11.5 Å². The lowest BCUT2D eigenvalue weighted by atomic mass is 10.1. The molecule has 1 amide bonds. The van der Waals surface area contributed by atoms with Gasteiger partial charge in [-0.3, -0.25) is 4.79 Å². The van der Waals surface area contributed by atoms with Gasteiger partial charge in [-0.1, -0.05) is 6.07 Å². The van der Waals surface area contributed by atoms with Crippen molar-refractivity contribution in [1.82, 2.24) is 14.9 Å². The Hall–Kier alpha value is -2.30. The Morgan fingerprint density at radius 1 is 1.45 bits per heavy atom. The zero-order valence-electron chi connectivity index (χ0n) is 12.1. The minimum atomic E-state index is -0.0548. The van der Waals surface area contributed by atoms with Crippen molar-refractivity contribution in [3.8, 4) is 0 Å². The molecule has 0 saturated carbocycles. The number of hydrogen-bond acceptors (Lipinski definition) is 3. The van der Waals surface area contributed by atoms with E-state index in [-0.39, 0.29) is 11.9 Å². The molecule has 0 bridgehead atoms. The zero-order valence-corrected chi connectivity index (χ0v) is 12.1. The van der Waals surface area contributed by atoms with Crippen molar-refractivity contribution in [3.63, 3.8) is 0 Å². The third-order valence-corrected chi connectivity index (χ3v) is 3.09. The number of amides is 1. The fraction of sp³-hybridized carbons (Fsp3) is 0.333. The predicted octanol–water partition coefficient (Wildman–Crippen LogP) is 2.34. The molecule has 1 unspecified atom stereocenters. The van der Waals surface area contributed by atoms with Crippen LogP contribution >= 0.6 is 0 Å². The number of carbonyl (C=O) groups excluding carboxylic acids is 1. The summed E-state index contributed by atoms with van der Waals surface area (Å²) >= 11 is 0. The van der Waals surface area contributed by atoms with Crippen LogP contribution in [-0.2, 0) is 7.05 Å². The van der Waals surface area contributed by atoms with Crippen LogP contribution in [-0.4, -0.2) is 22.0 Å². The Bertz CT molecular complexity index is 591. The molecule has 2 aromatic rings. The van der Waals surface area contributed by atoms with Gasteiger partial charge in [0.25, 0.3) is 5.91 Å². The molecule has 0 aliphatic heterocycles. The van der Waals surface area contributed by atoms with Crippen molar-refractivity contribution in [2.45, 2.75) is 19.9 Å². The third kappa shape index (κ3) is 3.17. The van der Waals surface area contributed by atoms with Crippen LogP contribution in [0, 0.1) is 0 Å². The molecular formula is C15H20N4O. The predicted molar refractivity (Wildman–Crippen MR) is 79.7 cm³/mol. The first-order valence-electron chi connectivity index (χ1n) is 6.74. The summed E-state index contributed by atoms with van der Waals surface area (Å²) in [4.78, 5) is 16.1. The normalized spacial score (nSPS) is 11.9. The molecule has 0 saturated heterocycles. The summed E-state index contributed by atoms with van der Waals surface area (Å²) in [5.74, 6) is 0.897. The van der Waals surface area contributed by atoms with E-state index in [2.05, 4.69) is 15.6 Å². The highest BCUT2D eigenvalue weighted by Crippen LogP contribution is 2.18. The van der Waals surface area contributed by atoms with Crippen molar-refractivity contribution >= 4 is 11.6 Å². The highest BCUT2D eigenvalue weighted by Gasteiger charge is 2.11. The number of nitrogens with one attached hydrogen (secondary N) is 2. The fourth-order valence-electron chi connectivity index (χ4n) is 2.12. The van der Waals surface area contributed by atoms with Crippen LogP contribution in [0.1, 0.15) is 36.1 Å². The van der Waals surface area contributed by atoms with E-state index >= 15 is 0 Å². The average molecular weight is 272 g/mol. The average Bonchev–Trinajstić information content (AvgIpc) is 2.85. The van der Waals surface area contributed by atoms with Gasteiger partial charge in [-0.15, -0.1) is 0 Å². The van der Waals surface area contributed by atoms with E-state index in [1.807, 2.05) is 55.9 Å². The molecule has 1 aromatic carbocycles. The number of hydrogen-bond donors (Lipinski definition) is 2. The molecule has 1 aromatic heterocycles. The zero-order chi connectivity index (χ0) is 14.5. The number of imidazole rings is 1. The fourth-order valence-corrected chi connectivity index (χ4v) is 2.12. The minimum Gasteiger partial charge on any atom is -0.375 e. The van der Waals surface area contributed by atoms with Crippen LogP contribution in [0.25, 0.3) is 0 Å². The molecule has 0 spiro atoms. The Balaban J connectivity index is 2.12. The molecule has 20 heavy (non-hydrogen) atoms. The summed E-state index contributed by atoms with van der Waals surface area (Å²) in [5.41, 5.74) is 1.56. The molecule has 1 heterocycles. The lowest BCUT2D eigenvalue weighted by Gasteiger charge is -2.15. The number of aromatic nitrogens is 2. The maximum absolute atomic E-state index is 11.8.